The Morgan fingerprint density at radius 2 is 1.75 bits per heavy atom. The minimum absolute atomic E-state index is 0.0886. The van der Waals surface area contributed by atoms with Crippen LogP contribution in [0, 0.1) is 5.41 Å². The fourth-order valence-corrected chi connectivity index (χ4v) is 1.58. The Bertz CT molecular complexity index is 514. The van der Waals surface area contributed by atoms with E-state index >= 15 is 0 Å². The highest BCUT2D eigenvalue weighted by atomic mass is 19.4. The highest BCUT2D eigenvalue weighted by Crippen LogP contribution is 2.29. The van der Waals surface area contributed by atoms with Gasteiger partial charge in [0.15, 0.2) is 5.54 Å². The van der Waals surface area contributed by atoms with Gasteiger partial charge in [-0.3, -0.25) is 4.79 Å². The lowest BCUT2D eigenvalue weighted by Crippen LogP contribution is -2.58. The van der Waals surface area contributed by atoms with E-state index in [0.29, 0.717) is 0 Å². The quantitative estimate of drug-likeness (QED) is 0.501. The third-order valence-electron chi connectivity index (χ3n) is 2.91. The summed E-state index contributed by atoms with van der Waals surface area (Å²) in [6.45, 7) is 1.24. The fourth-order valence-electron chi connectivity index (χ4n) is 1.58. The van der Waals surface area contributed by atoms with Gasteiger partial charge in [-0.1, -0.05) is 12.1 Å². The number of nitrogens with one attached hydrogen (secondary N) is 3. The maximum absolute atomic E-state index is 12.4. The molecular weight excluding hydrogens is 275 g/mol. The second-order valence-electron chi connectivity index (χ2n) is 4.27. The molecule has 1 atom stereocenters. The molecule has 8 heteroatoms. The molecule has 0 radical (unpaired) electrons. The van der Waals surface area contributed by atoms with E-state index in [9.17, 15) is 18.0 Å². The third kappa shape index (κ3) is 2.97. The first-order valence-corrected chi connectivity index (χ1v) is 5.57. The molecule has 4 N–H and O–H groups in total. The number of carbonyl (C=O) groups excluding carboxylic acids is 1. The van der Waals surface area contributed by atoms with Crippen molar-refractivity contribution in [3.8, 4) is 0 Å². The van der Waals surface area contributed by atoms with Crippen molar-refractivity contribution in [3.63, 3.8) is 0 Å². The summed E-state index contributed by atoms with van der Waals surface area (Å²) in [6.07, 6.45) is -4.47. The lowest BCUT2D eigenvalue weighted by Gasteiger charge is -2.26. The maximum Gasteiger partial charge on any atom is 0.416 e. The molecule has 5 nitrogen and oxygen atoms in total. The van der Waals surface area contributed by atoms with Crippen molar-refractivity contribution in [3.05, 3.63) is 35.4 Å². The Labute approximate surface area is 113 Å². The van der Waals surface area contributed by atoms with Gasteiger partial charge in [0.1, 0.15) is 0 Å². The zero-order valence-corrected chi connectivity index (χ0v) is 10.8. The lowest BCUT2D eigenvalue weighted by molar-refractivity contribution is -0.137. The first-order chi connectivity index (χ1) is 9.16. The van der Waals surface area contributed by atoms with Crippen molar-refractivity contribution in [2.24, 2.45) is 0 Å². The van der Waals surface area contributed by atoms with Gasteiger partial charge in [-0.05, 0) is 24.6 Å². The molecular formula is C12H14F3N3O2. The van der Waals surface area contributed by atoms with Crippen LogP contribution in [0.4, 0.5) is 13.2 Å². The molecule has 0 aliphatic rings. The second-order valence-corrected chi connectivity index (χ2v) is 4.27. The van der Waals surface area contributed by atoms with Gasteiger partial charge in [0.05, 0.1) is 11.3 Å². The van der Waals surface area contributed by atoms with Crippen LogP contribution in [0.3, 0.4) is 0 Å². The molecule has 0 saturated heterocycles. The number of halogens is 3. The number of likely N-dealkylation sites (N-methyl/N-ethyl adjacent to an activating group) is 1. The van der Waals surface area contributed by atoms with Crippen LogP contribution in [0.2, 0.25) is 0 Å². The number of amides is 1. The molecule has 0 heterocycles. The first-order valence-electron chi connectivity index (χ1n) is 5.57. The van der Waals surface area contributed by atoms with E-state index in [1.165, 1.54) is 14.0 Å². The molecule has 0 bridgehead atoms. The molecule has 1 rings (SSSR count). The minimum Gasteiger partial charge on any atom is -0.357 e. The Morgan fingerprint density at radius 1 is 1.25 bits per heavy atom. The number of benzene rings is 1. The molecule has 20 heavy (non-hydrogen) atoms. The molecule has 0 saturated carbocycles. The van der Waals surface area contributed by atoms with Crippen LogP contribution >= 0.6 is 0 Å². The molecule has 0 aromatic heterocycles. The van der Waals surface area contributed by atoms with E-state index in [1.807, 2.05) is 0 Å². The average Bonchev–Trinajstić information content (AvgIpc) is 2.43. The van der Waals surface area contributed by atoms with Crippen molar-refractivity contribution in [2.45, 2.75) is 18.6 Å². The largest absolute Gasteiger partial charge is 0.416 e. The average molecular weight is 289 g/mol. The first kappa shape index (κ1) is 16.1. The van der Waals surface area contributed by atoms with E-state index in [2.05, 4.69) is 5.32 Å². The lowest BCUT2D eigenvalue weighted by atomic mass is 9.89. The third-order valence-corrected chi connectivity index (χ3v) is 2.91. The predicted molar refractivity (Wildman–Crippen MR) is 65.7 cm³/mol. The van der Waals surface area contributed by atoms with E-state index in [1.54, 1.807) is 5.48 Å². The Balaban J connectivity index is 3.12. The number of hydrogen-bond donors (Lipinski definition) is 4. The van der Waals surface area contributed by atoms with Crippen molar-refractivity contribution < 1.29 is 23.2 Å². The van der Waals surface area contributed by atoms with E-state index < -0.39 is 23.2 Å². The number of rotatable bonds is 4. The van der Waals surface area contributed by atoms with Crippen molar-refractivity contribution >= 4 is 11.6 Å². The van der Waals surface area contributed by atoms with Gasteiger partial charge in [0, 0.05) is 7.05 Å². The molecule has 0 spiro atoms. The molecule has 0 aliphatic heterocycles. The van der Waals surface area contributed by atoms with Crippen molar-refractivity contribution in [1.82, 2.24) is 10.8 Å². The van der Waals surface area contributed by atoms with Crippen molar-refractivity contribution in [1.29, 1.82) is 5.41 Å². The smallest absolute Gasteiger partial charge is 0.357 e. The summed E-state index contributed by atoms with van der Waals surface area (Å²) in [6, 6.07) is 3.77. The summed E-state index contributed by atoms with van der Waals surface area (Å²) in [5.41, 5.74) is -1.16. The molecule has 1 aromatic carbocycles. The van der Waals surface area contributed by atoms with Crippen LogP contribution in [0.25, 0.3) is 0 Å². The molecule has 1 unspecified atom stereocenters. The van der Waals surface area contributed by atoms with Gasteiger partial charge < -0.3 is 15.9 Å². The summed E-state index contributed by atoms with van der Waals surface area (Å²) in [5.74, 6) is -0.690. The standard InChI is InChI=1S/C12H14F3N3O2/c1-11(18-20,10(19)17-2)9(16)7-3-5-8(6-4-7)12(13,14)15/h3-6,16,18,20H,1-2H3,(H,17,19). The van der Waals surface area contributed by atoms with Gasteiger partial charge >= 0.3 is 6.18 Å². The van der Waals surface area contributed by atoms with Gasteiger partial charge in [-0.2, -0.15) is 18.7 Å². The van der Waals surface area contributed by atoms with Crippen molar-refractivity contribution in [2.75, 3.05) is 7.05 Å². The van der Waals surface area contributed by atoms with Crippen LogP contribution < -0.4 is 10.8 Å². The Hall–Kier alpha value is -1.93. The van der Waals surface area contributed by atoms with E-state index in [0.717, 1.165) is 24.3 Å². The van der Waals surface area contributed by atoms with Crippen LogP contribution in [0.1, 0.15) is 18.1 Å². The second kappa shape index (κ2) is 5.59. The Kier molecular flexibility index (Phi) is 4.51. The summed E-state index contributed by atoms with van der Waals surface area (Å²) in [5, 5.41) is 19.2. The number of hydrogen-bond acceptors (Lipinski definition) is 4. The monoisotopic (exact) mass is 289 g/mol. The summed E-state index contributed by atoms with van der Waals surface area (Å²) < 4.78 is 37.3. The normalized spacial score (nSPS) is 14.5. The summed E-state index contributed by atoms with van der Waals surface area (Å²) >= 11 is 0. The summed E-state index contributed by atoms with van der Waals surface area (Å²) in [4.78, 5) is 11.7. The zero-order valence-electron chi connectivity index (χ0n) is 10.8. The van der Waals surface area contributed by atoms with Gasteiger partial charge in [-0.25, -0.2) is 0 Å². The molecule has 1 aromatic rings. The Morgan fingerprint density at radius 3 is 2.10 bits per heavy atom. The molecule has 0 aliphatic carbocycles. The predicted octanol–water partition coefficient (Wildman–Crippen LogP) is 1.56. The van der Waals surface area contributed by atoms with Crippen LogP contribution in [-0.4, -0.2) is 29.4 Å². The fraction of sp³-hybridized carbons (Fsp3) is 0.333. The minimum atomic E-state index is -4.47. The number of carbonyl (C=O) groups is 1. The molecule has 0 fully saturated rings. The molecule has 1 amide bonds. The highest BCUT2D eigenvalue weighted by molar-refractivity contribution is 6.18. The summed E-state index contributed by atoms with van der Waals surface area (Å²) in [7, 11) is 1.32. The topological polar surface area (TPSA) is 85.2 Å². The van der Waals surface area contributed by atoms with Crippen LogP contribution in [-0.2, 0) is 11.0 Å². The van der Waals surface area contributed by atoms with Gasteiger partial charge in [-0.15, -0.1) is 0 Å². The maximum atomic E-state index is 12.4. The van der Waals surface area contributed by atoms with E-state index in [4.69, 9.17) is 10.6 Å². The van der Waals surface area contributed by atoms with E-state index in [-0.39, 0.29) is 11.3 Å². The van der Waals surface area contributed by atoms with Gasteiger partial charge in [0.25, 0.3) is 0 Å². The number of hydroxylamine groups is 1. The van der Waals surface area contributed by atoms with Gasteiger partial charge in [0.2, 0.25) is 5.91 Å². The number of alkyl halides is 3. The van der Waals surface area contributed by atoms with Crippen LogP contribution in [0.5, 0.6) is 0 Å². The zero-order chi connectivity index (χ0) is 15.6. The highest BCUT2D eigenvalue weighted by Gasteiger charge is 2.38. The molecule has 110 valence electrons. The van der Waals surface area contributed by atoms with Crippen LogP contribution in [0.15, 0.2) is 24.3 Å². The SMILES string of the molecule is CNC(=O)C(C)(NO)C(=N)c1ccc(C(F)(F)F)cc1.